The van der Waals surface area contributed by atoms with Crippen molar-refractivity contribution in [3.8, 4) is 0 Å². The molecule has 27 heavy (non-hydrogen) atoms. The third-order valence-corrected chi connectivity index (χ3v) is 4.04. The molecule has 1 aromatic heterocycles. The van der Waals surface area contributed by atoms with Crippen molar-refractivity contribution in [2.45, 2.75) is 19.1 Å². The van der Waals surface area contributed by atoms with E-state index in [0.717, 1.165) is 6.07 Å². The standard InChI is InChI=1S/C16H17ClFN5O4/c1-26-4-5-27-8-13-20-16-21-14(24)7-12(23(16)22-13)15(25)19-9-2-3-11(18)10(17)6-9/h2-3,6,12H,4-5,7-8H2,1H3,(H,19,25)(H,20,21,22,24). The Hall–Kier alpha value is -2.56. The van der Waals surface area contributed by atoms with Gasteiger partial charge in [0.1, 0.15) is 18.5 Å². The third kappa shape index (κ3) is 4.59. The quantitative estimate of drug-likeness (QED) is 0.689. The smallest absolute Gasteiger partial charge is 0.249 e. The Kier molecular flexibility index (Phi) is 5.99. The van der Waals surface area contributed by atoms with Crippen LogP contribution in [0, 0.1) is 5.82 Å². The number of nitrogens with zero attached hydrogens (tertiary/aromatic N) is 3. The number of aromatic nitrogens is 3. The zero-order valence-electron chi connectivity index (χ0n) is 14.4. The van der Waals surface area contributed by atoms with E-state index in [1.807, 2.05) is 0 Å². The number of amides is 2. The average Bonchev–Trinajstić information content (AvgIpc) is 3.03. The molecule has 0 saturated carbocycles. The molecule has 0 fully saturated rings. The maximum absolute atomic E-state index is 13.3. The molecule has 1 aliphatic rings. The van der Waals surface area contributed by atoms with E-state index in [2.05, 4.69) is 20.7 Å². The minimum absolute atomic E-state index is 0.110. The molecule has 2 amide bonds. The van der Waals surface area contributed by atoms with Crippen molar-refractivity contribution in [1.29, 1.82) is 0 Å². The summed E-state index contributed by atoms with van der Waals surface area (Å²) in [5.74, 6) is -0.965. The van der Waals surface area contributed by atoms with Crippen molar-refractivity contribution in [2.75, 3.05) is 31.0 Å². The summed E-state index contributed by atoms with van der Waals surface area (Å²) < 4.78 is 24.8. The van der Waals surface area contributed by atoms with Gasteiger partial charge in [0.2, 0.25) is 17.8 Å². The van der Waals surface area contributed by atoms with Crippen LogP contribution in [0.3, 0.4) is 0 Å². The van der Waals surface area contributed by atoms with Gasteiger partial charge in [-0.25, -0.2) is 9.07 Å². The van der Waals surface area contributed by atoms with Crippen molar-refractivity contribution < 1.29 is 23.5 Å². The fourth-order valence-electron chi connectivity index (χ4n) is 2.48. The van der Waals surface area contributed by atoms with Crippen molar-refractivity contribution in [3.05, 3.63) is 34.9 Å². The van der Waals surface area contributed by atoms with Gasteiger partial charge in [0, 0.05) is 12.8 Å². The number of anilines is 2. The van der Waals surface area contributed by atoms with Gasteiger partial charge in [-0.2, -0.15) is 10.1 Å². The van der Waals surface area contributed by atoms with E-state index in [0.29, 0.717) is 24.7 Å². The molecule has 2 N–H and O–H groups in total. The molecule has 2 aromatic rings. The lowest BCUT2D eigenvalue weighted by Gasteiger charge is -2.22. The number of rotatable bonds is 7. The Morgan fingerprint density at radius 2 is 2.30 bits per heavy atom. The summed E-state index contributed by atoms with van der Waals surface area (Å²) in [6, 6.07) is 2.90. The fourth-order valence-corrected chi connectivity index (χ4v) is 2.66. The van der Waals surface area contributed by atoms with Gasteiger partial charge >= 0.3 is 0 Å². The number of carbonyl (C=O) groups is 2. The number of fused-ring (bicyclic) bond motifs is 1. The molecule has 11 heteroatoms. The number of benzene rings is 1. The molecule has 0 bridgehead atoms. The predicted molar refractivity (Wildman–Crippen MR) is 93.9 cm³/mol. The normalized spacial score (nSPS) is 16.0. The van der Waals surface area contributed by atoms with E-state index in [4.69, 9.17) is 21.1 Å². The summed E-state index contributed by atoms with van der Waals surface area (Å²) in [6.07, 6.45) is -0.110. The molecular weight excluding hydrogens is 381 g/mol. The number of ether oxygens (including phenoxy) is 2. The van der Waals surface area contributed by atoms with Crippen molar-refractivity contribution in [3.63, 3.8) is 0 Å². The van der Waals surface area contributed by atoms with Crippen LogP contribution in [-0.2, 0) is 25.7 Å². The summed E-state index contributed by atoms with van der Waals surface area (Å²) in [5, 5.41) is 9.29. The molecule has 0 radical (unpaired) electrons. The number of methoxy groups -OCH3 is 1. The molecule has 1 aromatic carbocycles. The molecule has 0 spiro atoms. The molecule has 2 heterocycles. The third-order valence-electron chi connectivity index (χ3n) is 3.75. The van der Waals surface area contributed by atoms with E-state index in [1.54, 1.807) is 7.11 Å². The number of hydrogen-bond acceptors (Lipinski definition) is 6. The molecule has 9 nitrogen and oxygen atoms in total. The fraction of sp³-hybridized carbons (Fsp3) is 0.375. The van der Waals surface area contributed by atoms with E-state index in [9.17, 15) is 14.0 Å². The van der Waals surface area contributed by atoms with Crippen LogP contribution < -0.4 is 10.6 Å². The predicted octanol–water partition coefficient (Wildman–Crippen LogP) is 1.76. The van der Waals surface area contributed by atoms with Crippen molar-refractivity contribution in [2.24, 2.45) is 0 Å². The lowest BCUT2D eigenvalue weighted by Crippen LogP contribution is -2.36. The van der Waals surface area contributed by atoms with Gasteiger partial charge in [-0.15, -0.1) is 0 Å². The van der Waals surface area contributed by atoms with Crippen LogP contribution in [-0.4, -0.2) is 46.9 Å². The first-order valence-corrected chi connectivity index (χ1v) is 8.43. The van der Waals surface area contributed by atoms with Crippen LogP contribution in [0.4, 0.5) is 16.0 Å². The number of carbonyl (C=O) groups excluding carboxylic acids is 2. The average molecular weight is 398 g/mol. The highest BCUT2D eigenvalue weighted by Gasteiger charge is 2.33. The van der Waals surface area contributed by atoms with Crippen LogP contribution in [0.15, 0.2) is 18.2 Å². The SMILES string of the molecule is COCCOCc1nc2n(n1)C(C(=O)Nc1ccc(F)c(Cl)c1)CC(=O)N2. The van der Waals surface area contributed by atoms with Crippen LogP contribution in [0.2, 0.25) is 5.02 Å². The van der Waals surface area contributed by atoms with Gasteiger partial charge in [-0.3, -0.25) is 14.9 Å². The summed E-state index contributed by atoms with van der Waals surface area (Å²) in [6.45, 7) is 0.901. The highest BCUT2D eigenvalue weighted by atomic mass is 35.5. The molecule has 0 aliphatic carbocycles. The number of nitrogens with one attached hydrogen (secondary N) is 2. The molecule has 3 rings (SSSR count). The topological polar surface area (TPSA) is 107 Å². The van der Waals surface area contributed by atoms with Gasteiger partial charge in [0.15, 0.2) is 5.82 Å². The lowest BCUT2D eigenvalue weighted by atomic mass is 10.1. The number of halogens is 2. The van der Waals surface area contributed by atoms with Crippen LogP contribution in [0.1, 0.15) is 18.3 Å². The molecule has 1 unspecified atom stereocenters. The summed E-state index contributed by atoms with van der Waals surface area (Å²) in [4.78, 5) is 28.7. The summed E-state index contributed by atoms with van der Waals surface area (Å²) in [5.41, 5.74) is 0.308. The van der Waals surface area contributed by atoms with Gasteiger partial charge in [-0.1, -0.05) is 11.6 Å². The van der Waals surface area contributed by atoms with Crippen LogP contribution in [0.5, 0.6) is 0 Å². The summed E-state index contributed by atoms with van der Waals surface area (Å²) in [7, 11) is 1.56. The Balaban J connectivity index is 1.74. The van der Waals surface area contributed by atoms with Gasteiger partial charge < -0.3 is 14.8 Å². The van der Waals surface area contributed by atoms with Crippen LogP contribution >= 0.6 is 11.6 Å². The Morgan fingerprint density at radius 3 is 3.04 bits per heavy atom. The number of hydrogen-bond donors (Lipinski definition) is 2. The lowest BCUT2D eigenvalue weighted by molar-refractivity contribution is -0.125. The highest BCUT2D eigenvalue weighted by Crippen LogP contribution is 2.25. The first-order valence-electron chi connectivity index (χ1n) is 8.06. The molecule has 1 atom stereocenters. The zero-order valence-corrected chi connectivity index (χ0v) is 15.1. The minimum Gasteiger partial charge on any atom is -0.382 e. The monoisotopic (exact) mass is 397 g/mol. The van der Waals surface area contributed by atoms with E-state index >= 15 is 0 Å². The highest BCUT2D eigenvalue weighted by molar-refractivity contribution is 6.31. The molecule has 0 saturated heterocycles. The minimum atomic E-state index is -0.905. The first kappa shape index (κ1) is 19.2. The molecule has 1 aliphatic heterocycles. The Bertz CT molecular complexity index is 859. The zero-order chi connectivity index (χ0) is 19.4. The van der Waals surface area contributed by atoms with Gasteiger partial charge in [0.05, 0.1) is 24.7 Å². The van der Waals surface area contributed by atoms with E-state index < -0.39 is 17.8 Å². The molecular formula is C16H17ClFN5O4. The van der Waals surface area contributed by atoms with E-state index in [-0.39, 0.29) is 29.9 Å². The van der Waals surface area contributed by atoms with Gasteiger partial charge in [0.25, 0.3) is 0 Å². The maximum Gasteiger partial charge on any atom is 0.249 e. The second-order valence-corrected chi connectivity index (χ2v) is 6.14. The maximum atomic E-state index is 13.3. The van der Waals surface area contributed by atoms with Crippen molar-refractivity contribution >= 4 is 35.1 Å². The second-order valence-electron chi connectivity index (χ2n) is 5.73. The Labute approximate surface area is 158 Å². The van der Waals surface area contributed by atoms with Gasteiger partial charge in [-0.05, 0) is 18.2 Å². The summed E-state index contributed by atoms with van der Waals surface area (Å²) >= 11 is 5.72. The van der Waals surface area contributed by atoms with Crippen molar-refractivity contribution in [1.82, 2.24) is 14.8 Å². The Morgan fingerprint density at radius 1 is 1.48 bits per heavy atom. The largest absolute Gasteiger partial charge is 0.382 e. The van der Waals surface area contributed by atoms with E-state index in [1.165, 1.54) is 16.8 Å². The first-order chi connectivity index (χ1) is 13.0. The molecule has 144 valence electrons. The van der Waals surface area contributed by atoms with Crippen LogP contribution in [0.25, 0.3) is 0 Å². The second kappa shape index (κ2) is 8.42.